The molecule has 1 aromatic rings. The van der Waals surface area contributed by atoms with Crippen molar-refractivity contribution in [1.29, 1.82) is 0 Å². The molecule has 0 aliphatic heterocycles. The Balaban J connectivity index is 3.47. The second-order valence-corrected chi connectivity index (χ2v) is 5.72. The minimum absolute atomic E-state index is 0.107. The van der Waals surface area contributed by atoms with Gasteiger partial charge >= 0.3 is 5.97 Å². The Kier molecular flexibility index (Phi) is 4.58. The van der Waals surface area contributed by atoms with Crippen LogP contribution in [0.4, 0.5) is 0 Å². The normalized spacial score (nSPS) is 13.2. The van der Waals surface area contributed by atoms with Gasteiger partial charge < -0.3 is 15.2 Å². The molecule has 0 saturated carbocycles. The van der Waals surface area contributed by atoms with Gasteiger partial charge in [0, 0.05) is 0 Å². The van der Waals surface area contributed by atoms with E-state index in [4.69, 9.17) is 4.74 Å². The summed E-state index contributed by atoms with van der Waals surface area (Å²) in [6.07, 6.45) is 0. The highest BCUT2D eigenvalue weighted by molar-refractivity contribution is 5.76. The van der Waals surface area contributed by atoms with Crippen molar-refractivity contribution >= 4 is 5.97 Å². The smallest absolute Gasteiger partial charge is 0.325 e. The first-order chi connectivity index (χ1) is 8.72. The van der Waals surface area contributed by atoms with Crippen LogP contribution in [0.15, 0.2) is 12.1 Å². The van der Waals surface area contributed by atoms with E-state index in [0.717, 1.165) is 22.4 Å². The third-order valence-electron chi connectivity index (χ3n) is 3.24. The van der Waals surface area contributed by atoms with Crippen molar-refractivity contribution in [2.45, 2.75) is 39.2 Å². The Morgan fingerprint density at radius 2 is 1.95 bits per heavy atom. The molecule has 0 aromatic heterocycles. The molecule has 4 nitrogen and oxygen atoms in total. The zero-order valence-electron chi connectivity index (χ0n) is 12.5. The van der Waals surface area contributed by atoms with Gasteiger partial charge in [-0.1, -0.05) is 20.8 Å². The van der Waals surface area contributed by atoms with Gasteiger partial charge in [-0.05, 0) is 48.2 Å². The molecule has 0 spiro atoms. The molecule has 0 aliphatic rings. The fourth-order valence-corrected chi connectivity index (χ4v) is 2.18. The van der Waals surface area contributed by atoms with E-state index < -0.39 is 12.0 Å². The topological polar surface area (TPSA) is 58.6 Å². The van der Waals surface area contributed by atoms with E-state index in [9.17, 15) is 9.90 Å². The van der Waals surface area contributed by atoms with Crippen LogP contribution in [0.2, 0.25) is 0 Å². The van der Waals surface area contributed by atoms with Gasteiger partial charge in [0.05, 0.1) is 7.11 Å². The van der Waals surface area contributed by atoms with Gasteiger partial charge in [0.1, 0.15) is 11.8 Å². The third kappa shape index (κ3) is 3.26. The van der Waals surface area contributed by atoms with Crippen LogP contribution in [0.3, 0.4) is 0 Å². The largest absolute Gasteiger partial charge is 0.496 e. The number of methoxy groups -OCH3 is 1. The number of nitrogens with one attached hydrogen (secondary N) is 1. The number of benzene rings is 1. The number of hydrogen-bond acceptors (Lipinski definition) is 3. The Bertz CT molecular complexity index is 475. The number of aryl methyl sites for hydroxylation is 1. The van der Waals surface area contributed by atoms with E-state index in [2.05, 4.69) is 26.1 Å². The van der Waals surface area contributed by atoms with Gasteiger partial charge in [-0.2, -0.15) is 0 Å². The molecule has 0 fully saturated rings. The van der Waals surface area contributed by atoms with Crippen LogP contribution in [0.5, 0.6) is 5.75 Å². The van der Waals surface area contributed by atoms with E-state index >= 15 is 0 Å². The summed E-state index contributed by atoms with van der Waals surface area (Å²) in [7, 11) is 3.29. The first-order valence-corrected chi connectivity index (χ1v) is 6.31. The van der Waals surface area contributed by atoms with Gasteiger partial charge in [-0.25, -0.2) is 0 Å². The van der Waals surface area contributed by atoms with Crippen molar-refractivity contribution < 1.29 is 14.6 Å². The summed E-state index contributed by atoms with van der Waals surface area (Å²) in [5.41, 5.74) is 2.59. The maximum atomic E-state index is 11.3. The zero-order chi connectivity index (χ0) is 14.8. The van der Waals surface area contributed by atoms with Gasteiger partial charge in [-0.15, -0.1) is 0 Å². The minimum Gasteiger partial charge on any atom is -0.496 e. The number of carboxylic acid groups (broad SMARTS) is 1. The summed E-state index contributed by atoms with van der Waals surface area (Å²) in [5, 5.41) is 12.1. The van der Waals surface area contributed by atoms with Crippen LogP contribution in [0.25, 0.3) is 0 Å². The first-order valence-electron chi connectivity index (χ1n) is 6.31. The van der Waals surface area contributed by atoms with Crippen molar-refractivity contribution in [2.75, 3.05) is 14.2 Å². The SMILES string of the molecule is CNC(C(=O)O)c1cc(C(C)(C)C)c(OC)cc1C. The second-order valence-electron chi connectivity index (χ2n) is 5.72. The van der Waals surface area contributed by atoms with E-state index in [0.29, 0.717) is 0 Å². The molecule has 19 heavy (non-hydrogen) atoms. The molecular weight excluding hydrogens is 242 g/mol. The van der Waals surface area contributed by atoms with Gasteiger partial charge in [-0.3, -0.25) is 4.79 Å². The average Bonchev–Trinajstić information content (AvgIpc) is 2.29. The highest BCUT2D eigenvalue weighted by Gasteiger charge is 2.25. The third-order valence-corrected chi connectivity index (χ3v) is 3.24. The molecule has 0 radical (unpaired) electrons. The number of carboxylic acids is 1. The van der Waals surface area contributed by atoms with Crippen molar-refractivity contribution in [3.63, 3.8) is 0 Å². The highest BCUT2D eigenvalue weighted by Crippen LogP contribution is 2.35. The summed E-state index contributed by atoms with van der Waals surface area (Å²) in [6.45, 7) is 8.15. The fourth-order valence-electron chi connectivity index (χ4n) is 2.18. The molecule has 1 aromatic carbocycles. The molecule has 0 aliphatic carbocycles. The molecule has 2 N–H and O–H groups in total. The molecule has 0 saturated heterocycles. The van der Waals surface area contributed by atoms with Crippen LogP contribution >= 0.6 is 0 Å². The number of ether oxygens (including phenoxy) is 1. The maximum Gasteiger partial charge on any atom is 0.325 e. The average molecular weight is 265 g/mol. The van der Waals surface area contributed by atoms with Crippen LogP contribution in [-0.4, -0.2) is 25.2 Å². The van der Waals surface area contributed by atoms with E-state index in [1.165, 1.54) is 0 Å². The monoisotopic (exact) mass is 265 g/mol. The number of likely N-dealkylation sites (N-methyl/N-ethyl adjacent to an activating group) is 1. The second kappa shape index (κ2) is 5.61. The Morgan fingerprint density at radius 3 is 2.32 bits per heavy atom. The molecule has 1 rings (SSSR count). The lowest BCUT2D eigenvalue weighted by molar-refractivity contribution is -0.139. The van der Waals surface area contributed by atoms with Crippen LogP contribution in [0.1, 0.15) is 43.5 Å². The molecule has 0 amide bonds. The summed E-state index contributed by atoms with van der Waals surface area (Å²) in [6, 6.07) is 3.14. The molecule has 106 valence electrons. The summed E-state index contributed by atoms with van der Waals surface area (Å²) < 4.78 is 5.41. The van der Waals surface area contributed by atoms with Crippen molar-refractivity contribution in [2.24, 2.45) is 0 Å². The lowest BCUT2D eigenvalue weighted by atomic mass is 9.83. The molecule has 1 atom stereocenters. The quantitative estimate of drug-likeness (QED) is 0.878. The van der Waals surface area contributed by atoms with E-state index in [1.54, 1.807) is 14.2 Å². The van der Waals surface area contributed by atoms with E-state index in [1.807, 2.05) is 19.1 Å². The van der Waals surface area contributed by atoms with Gasteiger partial charge in [0.2, 0.25) is 0 Å². The fraction of sp³-hybridized carbons (Fsp3) is 0.533. The lowest BCUT2D eigenvalue weighted by Gasteiger charge is -2.25. The maximum absolute atomic E-state index is 11.3. The zero-order valence-corrected chi connectivity index (χ0v) is 12.5. The predicted octanol–water partition coefficient (Wildman–Crippen LogP) is 2.65. The van der Waals surface area contributed by atoms with Gasteiger partial charge in [0.25, 0.3) is 0 Å². The number of rotatable bonds is 4. The van der Waals surface area contributed by atoms with Crippen molar-refractivity contribution in [3.8, 4) is 5.75 Å². The molecule has 4 heteroatoms. The molecule has 1 unspecified atom stereocenters. The summed E-state index contributed by atoms with van der Waals surface area (Å²) >= 11 is 0. The van der Waals surface area contributed by atoms with Gasteiger partial charge in [0.15, 0.2) is 0 Å². The standard InChI is InChI=1S/C15H23NO3/c1-9-7-12(19-6)11(15(2,3)4)8-10(9)13(16-5)14(17)18/h7-8,13,16H,1-6H3,(H,17,18). The molecule has 0 heterocycles. The van der Waals surface area contributed by atoms with Crippen LogP contribution < -0.4 is 10.1 Å². The van der Waals surface area contributed by atoms with Crippen LogP contribution in [-0.2, 0) is 10.2 Å². The number of carbonyl (C=O) groups is 1. The van der Waals surface area contributed by atoms with Crippen LogP contribution in [0, 0.1) is 6.92 Å². The Labute approximate surface area is 114 Å². The minimum atomic E-state index is -0.879. The Morgan fingerprint density at radius 1 is 1.37 bits per heavy atom. The number of hydrogen-bond donors (Lipinski definition) is 2. The van der Waals surface area contributed by atoms with E-state index in [-0.39, 0.29) is 5.41 Å². The van der Waals surface area contributed by atoms with Crippen molar-refractivity contribution in [1.82, 2.24) is 5.32 Å². The highest BCUT2D eigenvalue weighted by atomic mass is 16.5. The Hall–Kier alpha value is -1.55. The predicted molar refractivity (Wildman–Crippen MR) is 75.9 cm³/mol. The molecule has 0 bridgehead atoms. The van der Waals surface area contributed by atoms with Crippen molar-refractivity contribution in [3.05, 3.63) is 28.8 Å². The number of aliphatic carboxylic acids is 1. The summed E-state index contributed by atoms with van der Waals surface area (Å²) in [5.74, 6) is -0.0791. The first kappa shape index (κ1) is 15.5. The lowest BCUT2D eigenvalue weighted by Crippen LogP contribution is -2.26. The summed E-state index contributed by atoms with van der Waals surface area (Å²) in [4.78, 5) is 11.3. The molecular formula is C15H23NO3.